The van der Waals surface area contributed by atoms with Crippen LogP contribution in [-0.4, -0.2) is 34.5 Å². The molecule has 2 aromatic rings. The van der Waals surface area contributed by atoms with Crippen LogP contribution in [0.25, 0.3) is 10.9 Å². The molecule has 1 aliphatic rings. The number of ether oxygens (including phenoxy) is 1. The van der Waals surface area contributed by atoms with E-state index in [1.165, 1.54) is 0 Å². The number of hydrogen-bond acceptors (Lipinski definition) is 5. The first-order chi connectivity index (χ1) is 14.6. The van der Waals surface area contributed by atoms with Gasteiger partial charge in [-0.1, -0.05) is 17.7 Å². The number of hydrazine groups is 1. The fraction of sp³-hybridized carbons (Fsp3) is 0.455. The number of carbonyl (C=O) groups is 3. The maximum atomic E-state index is 12.4. The Hall–Kier alpha value is -2.87. The Morgan fingerprint density at radius 3 is 2.42 bits per heavy atom. The van der Waals surface area contributed by atoms with E-state index in [4.69, 9.17) is 16.3 Å². The van der Waals surface area contributed by atoms with Crippen molar-refractivity contribution in [1.29, 1.82) is 0 Å². The summed E-state index contributed by atoms with van der Waals surface area (Å²) < 4.78 is 5.26. The molecule has 166 valence electrons. The number of alkyl carbamates (subject to hydrolysis) is 1. The summed E-state index contributed by atoms with van der Waals surface area (Å²) in [6, 6.07) is 8.51. The Morgan fingerprint density at radius 1 is 1.03 bits per heavy atom. The molecule has 1 aliphatic carbocycles. The molecule has 0 bridgehead atoms. The fourth-order valence-corrected chi connectivity index (χ4v) is 3.66. The zero-order valence-electron chi connectivity index (χ0n) is 17.8. The van der Waals surface area contributed by atoms with Gasteiger partial charge < -0.3 is 10.1 Å². The molecule has 31 heavy (non-hydrogen) atoms. The smallest absolute Gasteiger partial charge is 0.407 e. The summed E-state index contributed by atoms with van der Waals surface area (Å²) in [5, 5.41) is 4.26. The molecule has 1 saturated carbocycles. The van der Waals surface area contributed by atoms with Crippen LogP contribution < -0.4 is 16.2 Å². The van der Waals surface area contributed by atoms with E-state index < -0.39 is 17.6 Å². The lowest BCUT2D eigenvalue weighted by molar-refractivity contribution is -0.126. The Labute approximate surface area is 186 Å². The summed E-state index contributed by atoms with van der Waals surface area (Å²) in [6.07, 6.45) is 2.10. The van der Waals surface area contributed by atoms with Gasteiger partial charge in [0.15, 0.2) is 0 Å². The number of rotatable bonds is 3. The van der Waals surface area contributed by atoms with E-state index in [1.807, 2.05) is 20.8 Å². The lowest BCUT2D eigenvalue weighted by atomic mass is 9.85. The molecule has 3 rings (SSSR count). The topological polar surface area (TPSA) is 109 Å². The second-order valence-electron chi connectivity index (χ2n) is 8.67. The highest BCUT2D eigenvalue weighted by Crippen LogP contribution is 2.25. The van der Waals surface area contributed by atoms with Gasteiger partial charge in [0.25, 0.3) is 5.91 Å². The number of aromatic nitrogens is 1. The highest BCUT2D eigenvalue weighted by atomic mass is 35.5. The largest absolute Gasteiger partial charge is 0.444 e. The van der Waals surface area contributed by atoms with Crippen LogP contribution in [0.15, 0.2) is 30.3 Å². The predicted molar refractivity (Wildman–Crippen MR) is 117 cm³/mol. The first-order valence-corrected chi connectivity index (χ1v) is 10.6. The molecule has 3 N–H and O–H groups in total. The van der Waals surface area contributed by atoms with Crippen LogP contribution in [0.5, 0.6) is 0 Å². The van der Waals surface area contributed by atoms with E-state index in [0.29, 0.717) is 36.2 Å². The number of nitrogens with one attached hydrogen (secondary N) is 3. The maximum absolute atomic E-state index is 12.4. The Kier molecular flexibility index (Phi) is 7.00. The lowest BCUT2D eigenvalue weighted by Crippen LogP contribution is -2.47. The van der Waals surface area contributed by atoms with Crippen molar-refractivity contribution in [3.63, 3.8) is 0 Å². The number of amides is 3. The molecule has 1 fully saturated rings. The summed E-state index contributed by atoms with van der Waals surface area (Å²) in [6.45, 7) is 5.43. The van der Waals surface area contributed by atoms with Crippen LogP contribution in [0.4, 0.5) is 4.79 Å². The summed E-state index contributed by atoms with van der Waals surface area (Å²) in [4.78, 5) is 41.0. The fourth-order valence-electron chi connectivity index (χ4n) is 3.48. The molecule has 0 aliphatic heterocycles. The van der Waals surface area contributed by atoms with Gasteiger partial charge in [0.2, 0.25) is 5.91 Å². The van der Waals surface area contributed by atoms with Gasteiger partial charge in [0.05, 0.1) is 5.52 Å². The molecule has 1 aromatic carbocycles. The minimum Gasteiger partial charge on any atom is -0.444 e. The Balaban J connectivity index is 1.45. The first kappa shape index (κ1) is 22.8. The van der Waals surface area contributed by atoms with Crippen molar-refractivity contribution in [2.24, 2.45) is 5.92 Å². The summed E-state index contributed by atoms with van der Waals surface area (Å²) in [7, 11) is 0. The molecule has 0 radical (unpaired) electrons. The van der Waals surface area contributed by atoms with Gasteiger partial charge >= 0.3 is 6.09 Å². The SMILES string of the molecule is CC(C)(C)OC(=O)N[C@H]1CC[C@H](C(=O)NNC(=O)c2ccc3cc(Cl)ccc3n2)CC1. The Morgan fingerprint density at radius 2 is 1.74 bits per heavy atom. The normalized spacial score (nSPS) is 18.8. The van der Waals surface area contributed by atoms with Gasteiger partial charge in [-0.25, -0.2) is 9.78 Å². The van der Waals surface area contributed by atoms with Crippen LogP contribution in [-0.2, 0) is 9.53 Å². The van der Waals surface area contributed by atoms with E-state index in [0.717, 1.165) is 5.39 Å². The zero-order valence-corrected chi connectivity index (χ0v) is 18.6. The summed E-state index contributed by atoms with van der Waals surface area (Å²) >= 11 is 5.96. The van der Waals surface area contributed by atoms with Crippen molar-refractivity contribution >= 4 is 40.4 Å². The maximum Gasteiger partial charge on any atom is 0.407 e. The van der Waals surface area contributed by atoms with Crippen molar-refractivity contribution in [3.05, 3.63) is 41.0 Å². The van der Waals surface area contributed by atoms with Crippen LogP contribution in [0, 0.1) is 5.92 Å². The molecule has 8 nitrogen and oxygen atoms in total. The summed E-state index contributed by atoms with van der Waals surface area (Å²) in [5.41, 5.74) is 5.19. The number of fused-ring (bicyclic) bond motifs is 1. The van der Waals surface area contributed by atoms with Crippen LogP contribution >= 0.6 is 11.6 Å². The number of pyridine rings is 1. The van der Waals surface area contributed by atoms with E-state index in [-0.39, 0.29) is 23.6 Å². The molecule has 0 saturated heterocycles. The standard InChI is InChI=1S/C22H27ClN4O4/c1-22(2,3)31-21(30)24-16-8-4-13(5-9-16)19(28)26-27-20(29)18-10-6-14-12-15(23)7-11-17(14)25-18/h6-7,10-13,16H,4-5,8-9H2,1-3H3,(H,24,30)(H,26,28)(H,27,29)/t13-,16-. The van der Waals surface area contributed by atoms with Crippen molar-refractivity contribution < 1.29 is 19.1 Å². The highest BCUT2D eigenvalue weighted by molar-refractivity contribution is 6.31. The van der Waals surface area contributed by atoms with Crippen molar-refractivity contribution in [1.82, 2.24) is 21.2 Å². The summed E-state index contributed by atoms with van der Waals surface area (Å²) in [5.74, 6) is -0.981. The van der Waals surface area contributed by atoms with E-state index in [9.17, 15) is 14.4 Å². The molecule has 0 unspecified atom stereocenters. The van der Waals surface area contributed by atoms with Gasteiger partial charge in [-0.3, -0.25) is 20.4 Å². The van der Waals surface area contributed by atoms with Gasteiger partial charge in [0.1, 0.15) is 11.3 Å². The Bertz CT molecular complexity index is 981. The van der Waals surface area contributed by atoms with Crippen molar-refractivity contribution in [2.75, 3.05) is 0 Å². The van der Waals surface area contributed by atoms with Crippen molar-refractivity contribution in [2.45, 2.75) is 58.1 Å². The van der Waals surface area contributed by atoms with Crippen LogP contribution in [0.1, 0.15) is 56.9 Å². The molecule has 1 aromatic heterocycles. The molecule has 0 atom stereocenters. The first-order valence-electron chi connectivity index (χ1n) is 10.3. The number of carbonyl (C=O) groups excluding carboxylic acids is 3. The number of benzene rings is 1. The molecular formula is C22H27ClN4O4. The van der Waals surface area contributed by atoms with Crippen LogP contribution in [0.2, 0.25) is 5.02 Å². The van der Waals surface area contributed by atoms with Crippen molar-refractivity contribution in [3.8, 4) is 0 Å². The molecule has 0 spiro atoms. The molecule has 1 heterocycles. The highest BCUT2D eigenvalue weighted by Gasteiger charge is 2.28. The average molecular weight is 447 g/mol. The van der Waals surface area contributed by atoms with Gasteiger partial charge in [-0.2, -0.15) is 0 Å². The minimum absolute atomic E-state index is 0.0243. The van der Waals surface area contributed by atoms with Gasteiger partial charge in [-0.15, -0.1) is 0 Å². The number of hydrogen-bond donors (Lipinski definition) is 3. The third-order valence-corrected chi connectivity index (χ3v) is 5.24. The van der Waals surface area contributed by atoms with E-state index in [2.05, 4.69) is 21.2 Å². The van der Waals surface area contributed by atoms with E-state index in [1.54, 1.807) is 30.3 Å². The number of nitrogens with zero attached hydrogens (tertiary/aromatic N) is 1. The second kappa shape index (κ2) is 9.51. The van der Waals surface area contributed by atoms with Gasteiger partial charge in [0, 0.05) is 22.4 Å². The van der Waals surface area contributed by atoms with E-state index >= 15 is 0 Å². The third-order valence-electron chi connectivity index (χ3n) is 5.00. The van der Waals surface area contributed by atoms with Gasteiger partial charge in [-0.05, 0) is 70.7 Å². The van der Waals surface area contributed by atoms with Crippen LogP contribution in [0.3, 0.4) is 0 Å². The number of halogens is 1. The predicted octanol–water partition coefficient (Wildman–Crippen LogP) is 3.73. The molecular weight excluding hydrogens is 420 g/mol. The third kappa shape index (κ3) is 6.55. The average Bonchev–Trinajstić information content (AvgIpc) is 2.70. The molecule has 9 heteroatoms. The second-order valence-corrected chi connectivity index (χ2v) is 9.11. The molecule has 3 amide bonds. The zero-order chi connectivity index (χ0) is 22.6. The quantitative estimate of drug-likeness (QED) is 0.622. The lowest BCUT2D eigenvalue weighted by Gasteiger charge is -2.29. The monoisotopic (exact) mass is 446 g/mol. The minimum atomic E-state index is -0.549.